The molecule has 2 N–H and O–H groups in total. The van der Waals surface area contributed by atoms with Crippen molar-refractivity contribution in [3.05, 3.63) is 82.9 Å². The number of carbonyl (C=O) groups is 2. The normalized spacial score (nSPS) is 20.8. The number of benzene rings is 1. The zero-order valence-electron chi connectivity index (χ0n) is 18.5. The van der Waals surface area contributed by atoms with Crippen molar-refractivity contribution < 1.29 is 14.0 Å². The number of halogens is 1. The van der Waals surface area contributed by atoms with Crippen molar-refractivity contribution in [3.63, 3.8) is 0 Å². The van der Waals surface area contributed by atoms with E-state index in [1.165, 1.54) is 12.2 Å². The van der Waals surface area contributed by atoms with Gasteiger partial charge in [0.15, 0.2) is 0 Å². The predicted molar refractivity (Wildman–Crippen MR) is 122 cm³/mol. The summed E-state index contributed by atoms with van der Waals surface area (Å²) in [5.41, 5.74) is 3.49. The number of rotatable bonds is 6. The maximum Gasteiger partial charge on any atom is 0.251 e. The Morgan fingerprint density at radius 1 is 1.31 bits per heavy atom. The van der Waals surface area contributed by atoms with E-state index in [0.29, 0.717) is 17.0 Å². The fraction of sp³-hybridized carbons (Fsp3) is 0.320. The molecule has 2 aliphatic rings. The van der Waals surface area contributed by atoms with E-state index in [1.54, 1.807) is 31.2 Å². The zero-order chi connectivity index (χ0) is 23.0. The van der Waals surface area contributed by atoms with Gasteiger partial charge in [0, 0.05) is 17.0 Å². The van der Waals surface area contributed by atoms with Gasteiger partial charge in [0.25, 0.3) is 5.91 Å². The van der Waals surface area contributed by atoms with E-state index >= 15 is 0 Å². The smallest absolute Gasteiger partial charge is 0.251 e. The van der Waals surface area contributed by atoms with E-state index in [2.05, 4.69) is 22.3 Å². The number of nitrogens with zero attached hydrogens (tertiary/aromatic N) is 2. The van der Waals surface area contributed by atoms with Crippen LogP contribution in [0.5, 0.6) is 0 Å². The van der Waals surface area contributed by atoms with Crippen LogP contribution in [0.4, 0.5) is 10.2 Å². The summed E-state index contributed by atoms with van der Waals surface area (Å²) in [6, 6.07) is 6.53. The zero-order valence-corrected chi connectivity index (χ0v) is 18.5. The second-order valence-corrected chi connectivity index (χ2v) is 8.39. The van der Waals surface area contributed by atoms with E-state index in [-0.39, 0.29) is 17.9 Å². The molecule has 0 bridgehead atoms. The molecular formula is C25H27FN4O2. The lowest BCUT2D eigenvalue weighted by Gasteiger charge is -2.33. The molecule has 1 aromatic carbocycles. The summed E-state index contributed by atoms with van der Waals surface area (Å²) < 4.78 is 15.6. The number of hydrogen-bond donors (Lipinski definition) is 2. The predicted octanol–water partition coefficient (Wildman–Crippen LogP) is 4.65. The summed E-state index contributed by atoms with van der Waals surface area (Å²) in [6.07, 6.45) is 6.23. The minimum Gasteiger partial charge on any atom is -0.339 e. The third-order valence-electron chi connectivity index (χ3n) is 5.89. The van der Waals surface area contributed by atoms with Gasteiger partial charge in [-0.3, -0.25) is 9.59 Å². The fourth-order valence-corrected chi connectivity index (χ4v) is 4.10. The summed E-state index contributed by atoms with van der Waals surface area (Å²) in [5, 5.41) is 10.5. The Kier molecular flexibility index (Phi) is 5.82. The number of fused-ring (bicyclic) bond motifs is 1. The molecule has 0 saturated heterocycles. The molecule has 0 radical (unpaired) electrons. The van der Waals surface area contributed by atoms with Crippen LogP contribution in [0.2, 0.25) is 0 Å². The van der Waals surface area contributed by atoms with Crippen molar-refractivity contribution in [3.8, 4) is 0 Å². The second-order valence-electron chi connectivity index (χ2n) is 8.39. The SMILES string of the molecule is C=C(/C=C\C(F)=C/C)[C@H]1c2c(C)nn(C3CC3)c2NC(=O)[C@@H]1NC(=O)c1cccc(C)c1. The van der Waals surface area contributed by atoms with Gasteiger partial charge in [-0.1, -0.05) is 36.4 Å². The summed E-state index contributed by atoms with van der Waals surface area (Å²) >= 11 is 0. The van der Waals surface area contributed by atoms with Gasteiger partial charge in [0.1, 0.15) is 17.7 Å². The number of hydrogen-bond acceptors (Lipinski definition) is 3. The summed E-state index contributed by atoms with van der Waals surface area (Å²) in [4.78, 5) is 26.2. The molecule has 4 rings (SSSR count). The van der Waals surface area contributed by atoms with Gasteiger partial charge in [-0.2, -0.15) is 5.10 Å². The van der Waals surface area contributed by atoms with Crippen molar-refractivity contribution in [1.82, 2.24) is 15.1 Å². The molecule has 1 aliphatic heterocycles. The molecule has 2 atom stereocenters. The molecule has 2 aromatic rings. The van der Waals surface area contributed by atoms with Crippen molar-refractivity contribution in [2.45, 2.75) is 51.6 Å². The van der Waals surface area contributed by atoms with Gasteiger partial charge in [0.05, 0.1) is 11.7 Å². The molecule has 166 valence electrons. The van der Waals surface area contributed by atoms with Crippen LogP contribution in [-0.4, -0.2) is 27.6 Å². The van der Waals surface area contributed by atoms with Gasteiger partial charge in [-0.05, 0) is 57.4 Å². The maximum absolute atomic E-state index is 13.8. The highest BCUT2D eigenvalue weighted by atomic mass is 19.1. The first-order valence-corrected chi connectivity index (χ1v) is 10.8. The molecule has 2 amide bonds. The Morgan fingerprint density at radius 2 is 2.06 bits per heavy atom. The summed E-state index contributed by atoms with van der Waals surface area (Å²) in [7, 11) is 0. The van der Waals surface area contributed by atoms with Crippen molar-refractivity contribution >= 4 is 17.6 Å². The maximum atomic E-state index is 13.8. The Morgan fingerprint density at radius 3 is 2.72 bits per heavy atom. The molecule has 1 aromatic heterocycles. The summed E-state index contributed by atoms with van der Waals surface area (Å²) in [6.45, 7) is 9.50. The van der Waals surface area contributed by atoms with Gasteiger partial charge in [-0.25, -0.2) is 9.07 Å². The molecule has 0 unspecified atom stereocenters. The second kappa shape index (κ2) is 8.57. The molecule has 6 nitrogen and oxygen atoms in total. The standard InChI is InChI=1S/C25H27FN4O2/c1-5-18(26)10-9-15(3)20-21-16(4)29-30(19-11-12-19)23(21)28-25(32)22(20)27-24(31)17-8-6-7-14(2)13-17/h5-10,13,19-20,22H,3,11-12H2,1-2,4H3,(H,27,31)(H,28,32)/b10-9-,18-5+/t20-,22+/m0/s1. The highest BCUT2D eigenvalue weighted by Crippen LogP contribution is 2.45. The molecule has 2 heterocycles. The first kappa shape index (κ1) is 21.7. The van der Waals surface area contributed by atoms with Crippen LogP contribution in [-0.2, 0) is 4.79 Å². The van der Waals surface area contributed by atoms with Crippen LogP contribution in [0, 0.1) is 13.8 Å². The number of amides is 2. The molecule has 1 aliphatic carbocycles. The van der Waals surface area contributed by atoms with Gasteiger partial charge >= 0.3 is 0 Å². The monoisotopic (exact) mass is 434 g/mol. The van der Waals surface area contributed by atoms with E-state index in [1.807, 2.05) is 24.6 Å². The molecule has 1 saturated carbocycles. The van der Waals surface area contributed by atoms with Crippen LogP contribution in [0.3, 0.4) is 0 Å². The van der Waals surface area contributed by atoms with E-state index in [0.717, 1.165) is 29.7 Å². The third kappa shape index (κ3) is 4.15. The van der Waals surface area contributed by atoms with Crippen molar-refractivity contribution in [2.24, 2.45) is 0 Å². The Bertz CT molecular complexity index is 1160. The first-order chi connectivity index (χ1) is 15.3. The van der Waals surface area contributed by atoms with Gasteiger partial charge in [0.2, 0.25) is 5.91 Å². The van der Waals surface area contributed by atoms with E-state index < -0.39 is 17.8 Å². The molecule has 1 fully saturated rings. The number of carbonyl (C=O) groups excluding carboxylic acids is 2. The fourth-order valence-electron chi connectivity index (χ4n) is 4.10. The largest absolute Gasteiger partial charge is 0.339 e. The molecule has 7 heteroatoms. The minimum absolute atomic E-state index is 0.265. The molecule has 32 heavy (non-hydrogen) atoms. The number of aryl methyl sites for hydroxylation is 2. The number of anilines is 1. The topological polar surface area (TPSA) is 76.0 Å². The average Bonchev–Trinajstić information content (AvgIpc) is 3.56. The van der Waals surface area contributed by atoms with Gasteiger partial charge < -0.3 is 10.6 Å². The van der Waals surface area contributed by atoms with Crippen LogP contribution in [0.25, 0.3) is 0 Å². The Balaban J connectivity index is 1.73. The van der Waals surface area contributed by atoms with Gasteiger partial charge in [-0.15, -0.1) is 0 Å². The highest BCUT2D eigenvalue weighted by molar-refractivity contribution is 6.04. The molecule has 0 spiro atoms. The summed E-state index contributed by atoms with van der Waals surface area (Å²) in [5.74, 6) is -1.03. The van der Waals surface area contributed by atoms with E-state index in [4.69, 9.17) is 0 Å². The van der Waals surface area contributed by atoms with Crippen molar-refractivity contribution in [2.75, 3.05) is 5.32 Å². The Hall–Kier alpha value is -3.48. The molecular weight excluding hydrogens is 407 g/mol. The Labute approximate surface area is 186 Å². The number of allylic oxidation sites excluding steroid dienone is 4. The van der Waals surface area contributed by atoms with Crippen LogP contribution >= 0.6 is 0 Å². The lowest BCUT2D eigenvalue weighted by atomic mass is 9.81. The van der Waals surface area contributed by atoms with Crippen LogP contribution in [0.1, 0.15) is 58.9 Å². The van der Waals surface area contributed by atoms with Crippen LogP contribution in [0.15, 0.2) is 60.5 Å². The van der Waals surface area contributed by atoms with Crippen molar-refractivity contribution in [1.29, 1.82) is 0 Å². The number of aromatic nitrogens is 2. The quantitative estimate of drug-likeness (QED) is 0.650. The van der Waals surface area contributed by atoms with E-state index in [9.17, 15) is 14.0 Å². The number of nitrogens with one attached hydrogen (secondary N) is 2. The lowest BCUT2D eigenvalue weighted by Crippen LogP contribution is -2.50. The first-order valence-electron chi connectivity index (χ1n) is 10.8. The highest BCUT2D eigenvalue weighted by Gasteiger charge is 2.43. The third-order valence-corrected chi connectivity index (χ3v) is 5.89. The minimum atomic E-state index is -0.906. The van der Waals surface area contributed by atoms with Crippen LogP contribution < -0.4 is 10.6 Å². The lowest BCUT2D eigenvalue weighted by molar-refractivity contribution is -0.118. The average molecular weight is 435 g/mol.